The number of nitrogens with one attached hydrogen (secondary N) is 1. The number of rotatable bonds is 1. The molecule has 0 radical (unpaired) electrons. The quantitative estimate of drug-likeness (QED) is 0.723. The van der Waals surface area contributed by atoms with Gasteiger partial charge in [0, 0.05) is 6.92 Å². The maximum Gasteiger partial charge on any atom is 0.221 e. The van der Waals surface area contributed by atoms with E-state index in [9.17, 15) is 13.6 Å². The summed E-state index contributed by atoms with van der Waals surface area (Å²) in [5, 5.41) is 1.72. The van der Waals surface area contributed by atoms with Gasteiger partial charge in [0.15, 0.2) is 5.82 Å². The summed E-state index contributed by atoms with van der Waals surface area (Å²) in [7, 11) is 0. The zero-order chi connectivity index (χ0) is 10.9. The molecule has 1 rings (SSSR count). The second-order valence-corrected chi connectivity index (χ2v) is 3.24. The molecule has 14 heavy (non-hydrogen) atoms. The van der Waals surface area contributed by atoms with E-state index in [0.29, 0.717) is 0 Å². The van der Waals surface area contributed by atoms with E-state index in [1.54, 1.807) is 0 Å². The molecule has 0 aliphatic heterocycles. The molecule has 0 spiro atoms. The summed E-state index contributed by atoms with van der Waals surface area (Å²) < 4.78 is 26.4. The highest BCUT2D eigenvalue weighted by molar-refractivity contribution is 6.33. The van der Waals surface area contributed by atoms with Gasteiger partial charge in [0.05, 0.1) is 5.69 Å². The van der Waals surface area contributed by atoms with E-state index in [-0.39, 0.29) is 11.3 Å². The average molecular weight is 220 g/mol. The molecule has 0 unspecified atom stereocenters. The predicted molar refractivity (Wildman–Crippen MR) is 50.4 cm³/mol. The van der Waals surface area contributed by atoms with Gasteiger partial charge in [0.25, 0.3) is 0 Å². The Kier molecular flexibility index (Phi) is 3.06. The minimum atomic E-state index is -0.755. The maximum absolute atomic E-state index is 13.3. The van der Waals surface area contributed by atoms with Crippen LogP contribution >= 0.6 is 11.6 Å². The normalized spacial score (nSPS) is 10.1. The predicted octanol–water partition coefficient (Wildman–Crippen LogP) is 2.89. The van der Waals surface area contributed by atoms with Gasteiger partial charge in [-0.05, 0) is 18.6 Å². The van der Waals surface area contributed by atoms with Crippen LogP contribution in [0.15, 0.2) is 6.07 Å². The third kappa shape index (κ3) is 2.01. The summed E-state index contributed by atoms with van der Waals surface area (Å²) in [4.78, 5) is 10.7. The lowest BCUT2D eigenvalue weighted by molar-refractivity contribution is -0.114. The number of hydrogen-bond acceptors (Lipinski definition) is 1. The van der Waals surface area contributed by atoms with Crippen LogP contribution in [0, 0.1) is 18.6 Å². The van der Waals surface area contributed by atoms with E-state index in [4.69, 9.17) is 11.6 Å². The van der Waals surface area contributed by atoms with E-state index >= 15 is 0 Å². The summed E-state index contributed by atoms with van der Waals surface area (Å²) in [6.07, 6.45) is 0. The third-order valence-electron chi connectivity index (χ3n) is 1.64. The topological polar surface area (TPSA) is 29.1 Å². The first-order valence-corrected chi connectivity index (χ1v) is 4.23. The Morgan fingerprint density at radius 3 is 2.57 bits per heavy atom. The molecule has 5 heteroatoms. The van der Waals surface area contributed by atoms with Gasteiger partial charge in [-0.3, -0.25) is 4.79 Å². The largest absolute Gasteiger partial charge is 0.323 e. The minimum absolute atomic E-state index is 0.0932. The van der Waals surface area contributed by atoms with Crippen molar-refractivity contribution in [1.29, 1.82) is 0 Å². The van der Waals surface area contributed by atoms with Crippen LogP contribution in [0.2, 0.25) is 5.02 Å². The number of hydrogen-bond donors (Lipinski definition) is 1. The van der Waals surface area contributed by atoms with Crippen molar-refractivity contribution in [1.82, 2.24) is 0 Å². The number of amides is 1. The van der Waals surface area contributed by atoms with Crippen LogP contribution in [-0.4, -0.2) is 5.91 Å². The smallest absolute Gasteiger partial charge is 0.221 e. The van der Waals surface area contributed by atoms with Gasteiger partial charge in [0.1, 0.15) is 10.8 Å². The first-order valence-electron chi connectivity index (χ1n) is 3.85. The van der Waals surface area contributed by atoms with Crippen LogP contribution < -0.4 is 5.32 Å². The van der Waals surface area contributed by atoms with Gasteiger partial charge in [-0.2, -0.15) is 0 Å². The molecule has 1 N–H and O–H groups in total. The molecule has 0 atom stereocenters. The van der Waals surface area contributed by atoms with Gasteiger partial charge >= 0.3 is 0 Å². The zero-order valence-corrected chi connectivity index (χ0v) is 8.38. The lowest BCUT2D eigenvalue weighted by atomic mass is 10.2. The lowest BCUT2D eigenvalue weighted by Crippen LogP contribution is -2.09. The molecule has 2 nitrogen and oxygen atoms in total. The molecule has 0 aliphatic rings. The number of aryl methyl sites for hydroxylation is 1. The molecule has 0 saturated carbocycles. The van der Waals surface area contributed by atoms with Gasteiger partial charge < -0.3 is 5.32 Å². The molecule has 0 saturated heterocycles. The molecular weight excluding hydrogens is 212 g/mol. The van der Waals surface area contributed by atoms with Crippen molar-refractivity contribution < 1.29 is 13.6 Å². The van der Waals surface area contributed by atoms with E-state index in [1.165, 1.54) is 13.8 Å². The SMILES string of the molecule is CC(=O)Nc1c(F)c(C)cc(F)c1Cl. The van der Waals surface area contributed by atoms with Gasteiger partial charge in [-0.15, -0.1) is 0 Å². The highest BCUT2D eigenvalue weighted by Crippen LogP contribution is 2.30. The Hall–Kier alpha value is -1.16. The fourth-order valence-corrected chi connectivity index (χ4v) is 1.20. The zero-order valence-electron chi connectivity index (χ0n) is 7.62. The number of carbonyl (C=O) groups excluding carboxylic acids is 1. The van der Waals surface area contributed by atoms with Crippen molar-refractivity contribution >= 4 is 23.2 Å². The second kappa shape index (κ2) is 3.92. The number of anilines is 1. The summed E-state index contributed by atoms with van der Waals surface area (Å²) in [6, 6.07) is 0.975. The Labute approximate surface area is 84.9 Å². The number of benzene rings is 1. The van der Waals surface area contributed by atoms with Gasteiger partial charge in [-0.25, -0.2) is 8.78 Å². The highest BCUT2D eigenvalue weighted by atomic mass is 35.5. The highest BCUT2D eigenvalue weighted by Gasteiger charge is 2.15. The Bertz CT molecular complexity index is 367. The first kappa shape index (κ1) is 10.9. The summed E-state index contributed by atoms with van der Waals surface area (Å²) in [5.41, 5.74) is -0.215. The molecule has 0 aromatic heterocycles. The van der Waals surface area contributed by atoms with E-state index in [1.807, 2.05) is 0 Å². The van der Waals surface area contributed by atoms with Crippen molar-refractivity contribution in [3.63, 3.8) is 0 Å². The fraction of sp³-hybridized carbons (Fsp3) is 0.222. The van der Waals surface area contributed by atoms with Crippen molar-refractivity contribution in [2.24, 2.45) is 0 Å². The summed E-state index contributed by atoms with van der Waals surface area (Å²) in [5.74, 6) is -1.98. The van der Waals surface area contributed by atoms with Crippen molar-refractivity contribution in [2.45, 2.75) is 13.8 Å². The Balaban J connectivity index is 3.31. The maximum atomic E-state index is 13.3. The van der Waals surface area contributed by atoms with Crippen LogP contribution in [0.4, 0.5) is 14.5 Å². The molecule has 76 valence electrons. The van der Waals surface area contributed by atoms with Gasteiger partial charge in [-0.1, -0.05) is 11.6 Å². The lowest BCUT2D eigenvalue weighted by Gasteiger charge is -2.09. The van der Waals surface area contributed by atoms with Crippen LogP contribution in [0.25, 0.3) is 0 Å². The standard InChI is InChI=1S/C9H8ClF2NO/c1-4-3-6(11)7(10)9(8(4)12)13-5(2)14/h3H,1-2H3,(H,13,14). The molecule has 1 amide bonds. The molecule has 0 aliphatic carbocycles. The Morgan fingerprint density at radius 2 is 2.07 bits per heavy atom. The first-order chi connectivity index (χ1) is 6.43. The number of carbonyl (C=O) groups is 1. The molecule has 0 bridgehead atoms. The van der Waals surface area contributed by atoms with Crippen LogP contribution in [0.5, 0.6) is 0 Å². The van der Waals surface area contributed by atoms with Crippen molar-refractivity contribution in [2.75, 3.05) is 5.32 Å². The monoisotopic (exact) mass is 219 g/mol. The fourth-order valence-electron chi connectivity index (χ4n) is 1.02. The molecule has 1 aromatic rings. The number of halogens is 3. The molecule has 0 fully saturated rings. The van der Waals surface area contributed by atoms with E-state index in [0.717, 1.165) is 6.07 Å². The molecule has 0 heterocycles. The summed E-state index contributed by atoms with van der Waals surface area (Å²) >= 11 is 5.48. The second-order valence-electron chi connectivity index (χ2n) is 2.86. The summed E-state index contributed by atoms with van der Waals surface area (Å²) in [6.45, 7) is 2.58. The van der Waals surface area contributed by atoms with E-state index < -0.39 is 22.6 Å². The molecular formula is C9H8ClF2NO. The van der Waals surface area contributed by atoms with E-state index in [2.05, 4.69) is 5.32 Å². The average Bonchev–Trinajstić information content (AvgIpc) is 2.09. The van der Waals surface area contributed by atoms with Crippen LogP contribution in [0.3, 0.4) is 0 Å². The van der Waals surface area contributed by atoms with Crippen molar-refractivity contribution in [3.05, 3.63) is 28.3 Å². The van der Waals surface area contributed by atoms with Crippen molar-refractivity contribution in [3.8, 4) is 0 Å². The van der Waals surface area contributed by atoms with Crippen LogP contribution in [-0.2, 0) is 4.79 Å². The molecule has 1 aromatic carbocycles. The van der Waals surface area contributed by atoms with Crippen LogP contribution in [0.1, 0.15) is 12.5 Å². The van der Waals surface area contributed by atoms with Gasteiger partial charge in [0.2, 0.25) is 5.91 Å². The Morgan fingerprint density at radius 1 is 1.50 bits per heavy atom. The third-order valence-corrected chi connectivity index (χ3v) is 2.01. The minimum Gasteiger partial charge on any atom is -0.323 e.